The fourth-order valence-electron chi connectivity index (χ4n) is 3.07. The van der Waals surface area contributed by atoms with Gasteiger partial charge in [-0.15, -0.1) is 0 Å². The van der Waals surface area contributed by atoms with E-state index in [0.29, 0.717) is 12.1 Å². The average molecular weight is 394 g/mol. The summed E-state index contributed by atoms with van der Waals surface area (Å²) in [6.45, 7) is 0.417. The van der Waals surface area contributed by atoms with Gasteiger partial charge in [0.05, 0.1) is 11.6 Å². The van der Waals surface area contributed by atoms with Gasteiger partial charge in [0.1, 0.15) is 12.4 Å². The number of carbonyl (C=O) groups excluding carboxylic acids is 1. The van der Waals surface area contributed by atoms with Crippen LogP contribution in [0.3, 0.4) is 0 Å². The van der Waals surface area contributed by atoms with Crippen LogP contribution < -0.4 is 15.4 Å². The number of carbonyl (C=O) groups is 1. The zero-order valence-corrected chi connectivity index (χ0v) is 15.0. The van der Waals surface area contributed by atoms with E-state index in [-0.39, 0.29) is 25.3 Å². The highest BCUT2D eigenvalue weighted by atomic mass is 19.4. The van der Waals surface area contributed by atoms with Crippen LogP contribution >= 0.6 is 0 Å². The van der Waals surface area contributed by atoms with Crippen LogP contribution in [0.15, 0.2) is 54.6 Å². The number of hydrogen-bond acceptors (Lipinski definition) is 4. The standard InChI is InChI=1S/C20H21F3N2O3/c21-20(22,23)15-8-4-5-9-17(15)28-12-16(14-6-2-1-3-7-14)25-18(26)19(27)10-11-24-13-19/h1-9,16,24,27H,10-13H2,(H,25,26). The number of benzene rings is 2. The fourth-order valence-corrected chi connectivity index (χ4v) is 3.07. The lowest BCUT2D eigenvalue weighted by molar-refractivity contribution is -0.140. The highest BCUT2D eigenvalue weighted by Gasteiger charge is 2.40. The van der Waals surface area contributed by atoms with Crippen LogP contribution in [0.4, 0.5) is 13.2 Å². The Balaban J connectivity index is 1.78. The van der Waals surface area contributed by atoms with Crippen LogP contribution in [0.2, 0.25) is 0 Å². The number of para-hydroxylation sites is 1. The Kier molecular flexibility index (Phi) is 5.90. The van der Waals surface area contributed by atoms with E-state index in [2.05, 4.69) is 10.6 Å². The minimum absolute atomic E-state index is 0.123. The Hall–Kier alpha value is -2.58. The van der Waals surface area contributed by atoms with E-state index in [1.54, 1.807) is 30.3 Å². The van der Waals surface area contributed by atoms with Gasteiger partial charge in [0.2, 0.25) is 0 Å². The van der Waals surface area contributed by atoms with Crippen molar-refractivity contribution in [2.24, 2.45) is 0 Å². The molecule has 1 fully saturated rings. The molecule has 0 bridgehead atoms. The maximum Gasteiger partial charge on any atom is 0.419 e. The van der Waals surface area contributed by atoms with Crippen LogP contribution in [0.1, 0.15) is 23.6 Å². The van der Waals surface area contributed by atoms with Gasteiger partial charge in [-0.2, -0.15) is 13.2 Å². The normalized spacial score (nSPS) is 20.6. The summed E-state index contributed by atoms with van der Waals surface area (Å²) >= 11 is 0. The Morgan fingerprint density at radius 2 is 1.86 bits per heavy atom. The summed E-state index contributed by atoms with van der Waals surface area (Å²) in [6, 6.07) is 13.0. The van der Waals surface area contributed by atoms with Gasteiger partial charge in [-0.1, -0.05) is 42.5 Å². The van der Waals surface area contributed by atoms with E-state index in [1.807, 2.05) is 0 Å². The van der Waals surface area contributed by atoms with Crippen molar-refractivity contribution >= 4 is 5.91 Å². The zero-order valence-electron chi connectivity index (χ0n) is 15.0. The molecule has 1 heterocycles. The summed E-state index contributed by atoms with van der Waals surface area (Å²) in [5.41, 5.74) is -1.77. The topological polar surface area (TPSA) is 70.6 Å². The third kappa shape index (κ3) is 4.63. The average Bonchev–Trinajstić information content (AvgIpc) is 3.13. The number of alkyl halides is 3. The smallest absolute Gasteiger partial charge is 0.419 e. The van der Waals surface area contributed by atoms with Gasteiger partial charge in [-0.25, -0.2) is 0 Å². The number of rotatable bonds is 6. The number of nitrogens with one attached hydrogen (secondary N) is 2. The number of ether oxygens (including phenoxy) is 1. The van der Waals surface area contributed by atoms with E-state index >= 15 is 0 Å². The van der Waals surface area contributed by atoms with Crippen LogP contribution in [0, 0.1) is 0 Å². The number of halogens is 3. The quantitative estimate of drug-likeness (QED) is 0.705. The van der Waals surface area contributed by atoms with Crippen molar-refractivity contribution in [1.29, 1.82) is 0 Å². The SMILES string of the molecule is O=C(NC(COc1ccccc1C(F)(F)F)c1ccccc1)C1(O)CCNC1. The molecule has 2 aromatic rings. The van der Waals surface area contributed by atoms with Crippen LogP contribution in [-0.2, 0) is 11.0 Å². The highest BCUT2D eigenvalue weighted by molar-refractivity contribution is 5.86. The first kappa shape index (κ1) is 20.2. The molecule has 3 N–H and O–H groups in total. The highest BCUT2D eigenvalue weighted by Crippen LogP contribution is 2.36. The second-order valence-corrected chi connectivity index (χ2v) is 6.70. The minimum atomic E-state index is -4.55. The summed E-state index contributed by atoms with van der Waals surface area (Å²) in [5, 5.41) is 16.1. The molecule has 2 aromatic carbocycles. The Morgan fingerprint density at radius 1 is 1.18 bits per heavy atom. The van der Waals surface area contributed by atoms with Crippen molar-refractivity contribution in [1.82, 2.24) is 10.6 Å². The number of aliphatic hydroxyl groups is 1. The first-order chi connectivity index (χ1) is 13.3. The molecular formula is C20H21F3N2O3. The second-order valence-electron chi connectivity index (χ2n) is 6.70. The molecule has 0 saturated carbocycles. The molecule has 1 aliphatic heterocycles. The van der Waals surface area contributed by atoms with E-state index < -0.39 is 29.3 Å². The molecule has 150 valence electrons. The molecule has 28 heavy (non-hydrogen) atoms. The van der Waals surface area contributed by atoms with Crippen LogP contribution in [0.5, 0.6) is 5.75 Å². The Morgan fingerprint density at radius 3 is 2.50 bits per heavy atom. The molecule has 0 spiro atoms. The van der Waals surface area contributed by atoms with Crippen molar-refractivity contribution in [3.63, 3.8) is 0 Å². The molecule has 5 nitrogen and oxygen atoms in total. The summed E-state index contributed by atoms with van der Waals surface area (Å²) in [6.07, 6.45) is -4.29. The Bertz CT molecular complexity index is 806. The van der Waals surface area contributed by atoms with Gasteiger partial charge in [0.15, 0.2) is 5.60 Å². The van der Waals surface area contributed by atoms with Crippen molar-refractivity contribution in [2.75, 3.05) is 19.7 Å². The van der Waals surface area contributed by atoms with Crippen LogP contribution in [0.25, 0.3) is 0 Å². The number of β-amino-alcohol motifs (C(OH)–C–C–N with tert-alkyl or cyclic N) is 1. The van der Waals surface area contributed by atoms with Gasteiger partial charge in [0, 0.05) is 6.54 Å². The maximum absolute atomic E-state index is 13.2. The molecular weight excluding hydrogens is 373 g/mol. The molecule has 3 rings (SSSR count). The summed E-state index contributed by atoms with van der Waals surface area (Å²) in [7, 11) is 0. The van der Waals surface area contributed by atoms with Gasteiger partial charge < -0.3 is 20.5 Å². The lowest BCUT2D eigenvalue weighted by Gasteiger charge is -2.26. The van der Waals surface area contributed by atoms with Crippen molar-refractivity contribution < 1.29 is 27.8 Å². The minimum Gasteiger partial charge on any atom is -0.490 e. The van der Waals surface area contributed by atoms with E-state index in [1.165, 1.54) is 18.2 Å². The van der Waals surface area contributed by atoms with E-state index in [9.17, 15) is 23.1 Å². The molecule has 0 aliphatic carbocycles. The molecule has 1 saturated heterocycles. The van der Waals surface area contributed by atoms with Crippen LogP contribution in [-0.4, -0.2) is 36.3 Å². The molecule has 2 atom stereocenters. The zero-order chi connectivity index (χ0) is 20.2. The third-order valence-electron chi connectivity index (χ3n) is 4.66. The predicted molar refractivity (Wildman–Crippen MR) is 96.7 cm³/mol. The van der Waals surface area contributed by atoms with Gasteiger partial charge in [-0.3, -0.25) is 4.79 Å². The van der Waals surface area contributed by atoms with Gasteiger partial charge >= 0.3 is 6.18 Å². The fraction of sp³-hybridized carbons (Fsp3) is 0.350. The second kappa shape index (κ2) is 8.20. The van der Waals surface area contributed by atoms with E-state index in [4.69, 9.17) is 4.74 Å². The maximum atomic E-state index is 13.2. The van der Waals surface area contributed by atoms with Gasteiger partial charge in [0.25, 0.3) is 5.91 Å². The first-order valence-electron chi connectivity index (χ1n) is 8.88. The molecule has 1 aliphatic rings. The molecule has 0 aromatic heterocycles. The van der Waals surface area contributed by atoms with Crippen molar-refractivity contribution in [2.45, 2.75) is 24.2 Å². The summed E-state index contributed by atoms with van der Waals surface area (Å²) in [4.78, 5) is 12.6. The first-order valence-corrected chi connectivity index (χ1v) is 8.88. The number of hydrogen-bond donors (Lipinski definition) is 3. The molecule has 1 amide bonds. The summed E-state index contributed by atoms with van der Waals surface area (Å²) in [5.74, 6) is -0.898. The predicted octanol–water partition coefficient (Wildman–Crippen LogP) is 2.67. The third-order valence-corrected chi connectivity index (χ3v) is 4.66. The lowest BCUT2D eigenvalue weighted by Crippen LogP contribution is -2.50. The molecule has 2 unspecified atom stereocenters. The Labute approximate surface area is 160 Å². The van der Waals surface area contributed by atoms with Gasteiger partial charge in [-0.05, 0) is 30.7 Å². The number of amides is 1. The summed E-state index contributed by atoms with van der Waals surface area (Å²) < 4.78 is 45.0. The monoisotopic (exact) mass is 394 g/mol. The lowest BCUT2D eigenvalue weighted by atomic mass is 10.0. The molecule has 0 radical (unpaired) electrons. The van der Waals surface area contributed by atoms with Crippen molar-refractivity contribution in [3.05, 3.63) is 65.7 Å². The largest absolute Gasteiger partial charge is 0.490 e. The van der Waals surface area contributed by atoms with E-state index in [0.717, 1.165) is 6.07 Å². The molecule has 8 heteroatoms. The van der Waals surface area contributed by atoms with Crippen molar-refractivity contribution in [3.8, 4) is 5.75 Å².